The van der Waals surface area contributed by atoms with Gasteiger partial charge in [0, 0.05) is 24.2 Å². The van der Waals surface area contributed by atoms with Crippen molar-refractivity contribution < 1.29 is 32.5 Å². The lowest BCUT2D eigenvalue weighted by Gasteiger charge is -2.24. The van der Waals surface area contributed by atoms with E-state index in [2.05, 4.69) is 10.0 Å². The summed E-state index contributed by atoms with van der Waals surface area (Å²) in [4.78, 5) is 12.1. The van der Waals surface area contributed by atoms with E-state index in [9.17, 15) is 18.3 Å². The van der Waals surface area contributed by atoms with E-state index in [1.165, 1.54) is 6.07 Å². The Morgan fingerprint density at radius 2 is 1.73 bits per heavy atom. The van der Waals surface area contributed by atoms with Crippen molar-refractivity contribution >= 4 is 21.7 Å². The smallest absolute Gasteiger partial charge is 0.338 e. The molecule has 5 rings (SSSR count). The molecule has 1 heterocycles. The van der Waals surface area contributed by atoms with Crippen molar-refractivity contribution in [2.45, 2.75) is 51.3 Å². The van der Waals surface area contributed by atoms with Crippen LogP contribution in [0.2, 0.25) is 0 Å². The molecule has 0 unspecified atom stereocenters. The highest BCUT2D eigenvalue weighted by Crippen LogP contribution is 2.33. The predicted molar refractivity (Wildman–Crippen MR) is 173 cm³/mol. The largest absolute Gasteiger partial charge is 0.492 e. The van der Waals surface area contributed by atoms with E-state index in [1.807, 2.05) is 51.1 Å². The monoisotopic (exact) mass is 630 g/mol. The summed E-state index contributed by atoms with van der Waals surface area (Å²) in [7, 11) is -3.86. The van der Waals surface area contributed by atoms with E-state index in [0.29, 0.717) is 36.6 Å². The number of sulfonamides is 1. The van der Waals surface area contributed by atoms with Crippen molar-refractivity contribution in [2.75, 3.05) is 24.5 Å². The van der Waals surface area contributed by atoms with Gasteiger partial charge in [0.1, 0.15) is 24.7 Å². The third-order valence-electron chi connectivity index (χ3n) is 7.68. The maximum atomic E-state index is 13.1. The van der Waals surface area contributed by atoms with Crippen molar-refractivity contribution in [2.24, 2.45) is 0 Å². The average Bonchev–Trinajstić information content (AvgIpc) is 3.02. The van der Waals surface area contributed by atoms with Crippen molar-refractivity contribution in [3.05, 3.63) is 107 Å². The van der Waals surface area contributed by atoms with Crippen LogP contribution in [0.3, 0.4) is 0 Å². The average molecular weight is 631 g/mol. The molecule has 236 valence electrons. The number of aryl methyl sites for hydroxylation is 2. The number of benzene rings is 4. The Morgan fingerprint density at radius 3 is 2.44 bits per heavy atom. The van der Waals surface area contributed by atoms with Gasteiger partial charge in [-0.15, -0.1) is 0 Å². The van der Waals surface area contributed by atoms with E-state index in [0.717, 1.165) is 33.6 Å². The molecular weight excluding hydrogens is 592 g/mol. The molecule has 4 aromatic rings. The van der Waals surface area contributed by atoms with Gasteiger partial charge in [-0.3, -0.25) is 4.72 Å². The van der Waals surface area contributed by atoms with E-state index in [-0.39, 0.29) is 23.2 Å². The molecule has 0 amide bonds. The molecule has 0 saturated heterocycles. The Kier molecular flexibility index (Phi) is 9.77. The van der Waals surface area contributed by atoms with Gasteiger partial charge < -0.3 is 24.6 Å². The molecular formula is C35H38N2O7S. The number of nitrogens with one attached hydrogen (secondary N) is 2. The third kappa shape index (κ3) is 7.47. The summed E-state index contributed by atoms with van der Waals surface area (Å²) in [6.07, 6.45) is -1.01. The first-order valence-corrected chi connectivity index (χ1v) is 16.4. The van der Waals surface area contributed by atoms with Crippen LogP contribution in [0.1, 0.15) is 52.6 Å². The summed E-state index contributed by atoms with van der Waals surface area (Å²) in [5.41, 5.74) is 5.91. The Hall–Kier alpha value is -4.38. The second kappa shape index (κ2) is 13.7. The number of aliphatic hydroxyl groups excluding tert-OH is 1. The molecule has 4 bridgehead atoms. The van der Waals surface area contributed by atoms with Crippen LogP contribution in [0.5, 0.6) is 11.5 Å². The van der Waals surface area contributed by atoms with Crippen LogP contribution in [-0.4, -0.2) is 45.3 Å². The lowest BCUT2D eigenvalue weighted by atomic mass is 9.99. The van der Waals surface area contributed by atoms with Gasteiger partial charge in [0.15, 0.2) is 0 Å². The molecule has 4 aromatic carbocycles. The first-order chi connectivity index (χ1) is 21.6. The molecule has 10 heteroatoms. The summed E-state index contributed by atoms with van der Waals surface area (Å²) in [6, 6.07) is 22.6. The van der Waals surface area contributed by atoms with Crippen LogP contribution in [-0.2, 0) is 21.4 Å². The van der Waals surface area contributed by atoms with Gasteiger partial charge in [-0.05, 0) is 98.0 Å². The molecule has 0 spiro atoms. The number of ether oxygens (including phenoxy) is 3. The van der Waals surface area contributed by atoms with E-state index in [4.69, 9.17) is 14.2 Å². The number of fused-ring (bicyclic) bond motifs is 4. The Balaban J connectivity index is 1.20. The van der Waals surface area contributed by atoms with Gasteiger partial charge in [0.05, 0.1) is 28.9 Å². The number of hydrogen-bond donors (Lipinski definition) is 3. The number of aliphatic hydroxyl groups is 1. The van der Waals surface area contributed by atoms with Crippen LogP contribution < -0.4 is 19.5 Å². The van der Waals surface area contributed by atoms with Crippen LogP contribution in [0.25, 0.3) is 11.1 Å². The van der Waals surface area contributed by atoms with E-state index < -0.39 is 22.2 Å². The second-order valence-electron chi connectivity index (χ2n) is 11.1. The predicted octanol–water partition coefficient (Wildman–Crippen LogP) is 5.93. The highest BCUT2D eigenvalue weighted by Gasteiger charge is 2.24. The SMILES string of the molecule is CCOC(=O)c1ccc(-c2cc(C)c(OCCN[C@@H](C)[C@H](O)c3ccc4cc3NS(=O)(=O)c3cccc(c3)CO4)c(C)c2)cc1. The van der Waals surface area contributed by atoms with Gasteiger partial charge in [0.25, 0.3) is 10.0 Å². The first kappa shape index (κ1) is 32.0. The zero-order valence-corrected chi connectivity index (χ0v) is 26.6. The molecule has 1 aliphatic heterocycles. The summed E-state index contributed by atoms with van der Waals surface area (Å²) in [5.74, 6) is 0.944. The molecule has 3 N–H and O–H groups in total. The number of carbonyl (C=O) groups is 1. The molecule has 2 atom stereocenters. The molecule has 0 aromatic heterocycles. The number of rotatable bonds is 10. The third-order valence-corrected chi connectivity index (χ3v) is 9.04. The Morgan fingerprint density at radius 1 is 1.00 bits per heavy atom. The quantitative estimate of drug-likeness (QED) is 0.146. The summed E-state index contributed by atoms with van der Waals surface area (Å²) in [6.45, 7) is 8.96. The van der Waals surface area contributed by atoms with Crippen LogP contribution in [0, 0.1) is 13.8 Å². The van der Waals surface area contributed by atoms with Crippen LogP contribution in [0.15, 0.2) is 83.8 Å². The van der Waals surface area contributed by atoms with Crippen molar-refractivity contribution in [1.29, 1.82) is 0 Å². The second-order valence-corrected chi connectivity index (χ2v) is 12.7. The minimum Gasteiger partial charge on any atom is -0.492 e. The topological polar surface area (TPSA) is 123 Å². The molecule has 45 heavy (non-hydrogen) atoms. The summed E-state index contributed by atoms with van der Waals surface area (Å²) < 4.78 is 45.9. The molecule has 0 aliphatic carbocycles. The number of esters is 1. The maximum absolute atomic E-state index is 13.1. The minimum absolute atomic E-state index is 0.130. The molecule has 9 nitrogen and oxygen atoms in total. The van der Waals surface area contributed by atoms with Gasteiger partial charge in [0.2, 0.25) is 0 Å². The number of hydrogen-bond acceptors (Lipinski definition) is 8. The fourth-order valence-electron chi connectivity index (χ4n) is 5.32. The zero-order valence-electron chi connectivity index (χ0n) is 25.8. The van der Waals surface area contributed by atoms with Gasteiger partial charge in [-0.2, -0.15) is 0 Å². The number of carbonyl (C=O) groups excluding carboxylic acids is 1. The highest BCUT2D eigenvalue weighted by atomic mass is 32.2. The van der Waals surface area contributed by atoms with Crippen molar-refractivity contribution in [3.8, 4) is 22.6 Å². The Labute approximate surface area is 264 Å². The molecule has 0 radical (unpaired) electrons. The standard InChI is InChI=1S/C35H38N2O7S/c1-5-42-35(39)27-11-9-26(10-12-27)28-17-22(2)34(23(3)18-28)43-16-15-36-24(4)33(38)31-14-13-29-20-32(31)37-45(40,41)30-8-6-7-25(19-30)21-44-29/h6-14,17-20,24,33,36-38H,5,15-16,21H2,1-4H3/t24-,33-/m0/s1. The lowest BCUT2D eigenvalue weighted by Crippen LogP contribution is -2.35. The normalized spacial score (nSPS) is 14.8. The fraction of sp³-hybridized carbons (Fsp3) is 0.286. The maximum Gasteiger partial charge on any atom is 0.338 e. The molecule has 0 saturated carbocycles. The Bertz CT molecular complexity index is 1770. The van der Waals surface area contributed by atoms with Gasteiger partial charge in [-0.1, -0.05) is 30.3 Å². The van der Waals surface area contributed by atoms with Gasteiger partial charge >= 0.3 is 5.97 Å². The molecule has 0 fully saturated rings. The van der Waals surface area contributed by atoms with Gasteiger partial charge in [-0.25, -0.2) is 13.2 Å². The lowest BCUT2D eigenvalue weighted by molar-refractivity contribution is 0.0526. The zero-order chi connectivity index (χ0) is 32.1. The fourth-order valence-corrected chi connectivity index (χ4v) is 6.47. The van der Waals surface area contributed by atoms with Crippen LogP contribution >= 0.6 is 0 Å². The molecule has 1 aliphatic rings. The summed E-state index contributed by atoms with van der Waals surface area (Å²) in [5, 5.41) is 14.5. The minimum atomic E-state index is -3.86. The van der Waals surface area contributed by atoms with E-state index >= 15 is 0 Å². The highest BCUT2D eigenvalue weighted by molar-refractivity contribution is 7.92. The van der Waals surface area contributed by atoms with Crippen LogP contribution in [0.4, 0.5) is 5.69 Å². The van der Waals surface area contributed by atoms with Crippen molar-refractivity contribution in [3.63, 3.8) is 0 Å². The number of anilines is 1. The van der Waals surface area contributed by atoms with Crippen molar-refractivity contribution in [1.82, 2.24) is 5.32 Å². The summed E-state index contributed by atoms with van der Waals surface area (Å²) >= 11 is 0. The first-order valence-electron chi connectivity index (χ1n) is 14.9. The van der Waals surface area contributed by atoms with E-state index in [1.54, 1.807) is 49.4 Å².